The number of hydrazine groups is 1. The van der Waals surface area contributed by atoms with Gasteiger partial charge in [0.05, 0.1) is 6.61 Å². The molecule has 1 atom stereocenters. The Morgan fingerprint density at radius 3 is 2.67 bits per heavy atom. The SMILES string of the molecule is CCCOCC(CC1CCCCC1)NN. The fourth-order valence-electron chi connectivity index (χ4n) is 2.38. The third kappa shape index (κ3) is 5.50. The van der Waals surface area contributed by atoms with Gasteiger partial charge in [-0.05, 0) is 18.8 Å². The maximum atomic E-state index is 5.54. The summed E-state index contributed by atoms with van der Waals surface area (Å²) in [5.74, 6) is 6.41. The van der Waals surface area contributed by atoms with Crippen molar-refractivity contribution in [1.29, 1.82) is 0 Å². The summed E-state index contributed by atoms with van der Waals surface area (Å²) in [6.45, 7) is 3.75. The van der Waals surface area contributed by atoms with Crippen molar-refractivity contribution in [2.45, 2.75) is 57.9 Å². The van der Waals surface area contributed by atoms with E-state index in [4.69, 9.17) is 10.6 Å². The molecule has 1 aliphatic rings. The summed E-state index contributed by atoms with van der Waals surface area (Å²) in [5, 5.41) is 0. The Kier molecular flexibility index (Phi) is 6.98. The van der Waals surface area contributed by atoms with E-state index in [0.717, 1.165) is 25.6 Å². The average Bonchev–Trinajstić information content (AvgIpc) is 2.29. The van der Waals surface area contributed by atoms with Gasteiger partial charge in [-0.25, -0.2) is 0 Å². The van der Waals surface area contributed by atoms with Crippen LogP contribution < -0.4 is 11.3 Å². The van der Waals surface area contributed by atoms with E-state index in [0.29, 0.717) is 6.04 Å². The van der Waals surface area contributed by atoms with Gasteiger partial charge in [-0.1, -0.05) is 39.0 Å². The second kappa shape index (κ2) is 8.08. The van der Waals surface area contributed by atoms with Gasteiger partial charge in [-0.2, -0.15) is 0 Å². The van der Waals surface area contributed by atoms with Crippen molar-refractivity contribution >= 4 is 0 Å². The molecule has 3 heteroatoms. The maximum absolute atomic E-state index is 5.54. The largest absolute Gasteiger partial charge is 0.380 e. The van der Waals surface area contributed by atoms with Gasteiger partial charge in [0.1, 0.15) is 0 Å². The molecular weight excluding hydrogens is 188 g/mol. The van der Waals surface area contributed by atoms with Crippen molar-refractivity contribution in [1.82, 2.24) is 5.43 Å². The summed E-state index contributed by atoms with van der Waals surface area (Å²) in [6.07, 6.45) is 9.25. The van der Waals surface area contributed by atoms with Crippen molar-refractivity contribution in [3.63, 3.8) is 0 Å². The van der Waals surface area contributed by atoms with Crippen LogP contribution in [0.5, 0.6) is 0 Å². The molecule has 3 N–H and O–H groups in total. The summed E-state index contributed by atoms with van der Waals surface area (Å²) in [7, 11) is 0. The number of hydrogen-bond acceptors (Lipinski definition) is 3. The van der Waals surface area contributed by atoms with Crippen LogP contribution in [0.4, 0.5) is 0 Å². The number of rotatable bonds is 7. The predicted molar refractivity (Wildman–Crippen MR) is 63.4 cm³/mol. The molecule has 15 heavy (non-hydrogen) atoms. The summed E-state index contributed by atoms with van der Waals surface area (Å²) in [5.41, 5.74) is 2.88. The molecule has 1 rings (SSSR count). The zero-order valence-corrected chi connectivity index (χ0v) is 10.0. The van der Waals surface area contributed by atoms with Gasteiger partial charge in [-0.15, -0.1) is 0 Å². The van der Waals surface area contributed by atoms with Gasteiger partial charge in [-0.3, -0.25) is 11.3 Å². The fraction of sp³-hybridized carbons (Fsp3) is 1.00. The number of hydrogen-bond donors (Lipinski definition) is 2. The lowest BCUT2D eigenvalue weighted by atomic mass is 9.85. The highest BCUT2D eigenvalue weighted by molar-refractivity contribution is 4.72. The van der Waals surface area contributed by atoms with Gasteiger partial charge in [0.25, 0.3) is 0 Å². The molecule has 1 saturated carbocycles. The molecular formula is C12H26N2O. The summed E-state index contributed by atoms with van der Waals surface area (Å²) >= 11 is 0. The van der Waals surface area contributed by atoms with Crippen molar-refractivity contribution < 1.29 is 4.74 Å². The lowest BCUT2D eigenvalue weighted by Crippen LogP contribution is -2.40. The van der Waals surface area contributed by atoms with Gasteiger partial charge in [0, 0.05) is 12.6 Å². The summed E-state index contributed by atoms with van der Waals surface area (Å²) in [6, 6.07) is 0.347. The Balaban J connectivity index is 2.13. The zero-order chi connectivity index (χ0) is 10.9. The van der Waals surface area contributed by atoms with E-state index in [9.17, 15) is 0 Å². The number of nitrogens with one attached hydrogen (secondary N) is 1. The molecule has 3 nitrogen and oxygen atoms in total. The molecule has 0 heterocycles. The Morgan fingerprint density at radius 2 is 2.07 bits per heavy atom. The summed E-state index contributed by atoms with van der Waals surface area (Å²) in [4.78, 5) is 0. The molecule has 0 bridgehead atoms. The van der Waals surface area contributed by atoms with E-state index in [2.05, 4.69) is 12.3 Å². The molecule has 0 spiro atoms. The Bertz CT molecular complexity index is 147. The Morgan fingerprint density at radius 1 is 1.33 bits per heavy atom. The Labute approximate surface area is 93.7 Å². The van der Waals surface area contributed by atoms with Crippen LogP contribution in [-0.2, 0) is 4.74 Å². The molecule has 0 aromatic rings. The standard InChI is InChI=1S/C12H26N2O/c1-2-8-15-10-12(14-13)9-11-6-4-3-5-7-11/h11-12,14H,2-10,13H2,1H3. The van der Waals surface area contributed by atoms with Crippen LogP contribution in [0, 0.1) is 5.92 Å². The molecule has 0 aromatic heterocycles. The van der Waals surface area contributed by atoms with Crippen LogP contribution >= 0.6 is 0 Å². The molecule has 1 fully saturated rings. The molecule has 0 saturated heterocycles. The van der Waals surface area contributed by atoms with E-state index in [1.165, 1.54) is 38.5 Å². The van der Waals surface area contributed by atoms with Gasteiger partial charge < -0.3 is 4.74 Å². The molecule has 0 aliphatic heterocycles. The first-order chi connectivity index (χ1) is 7.36. The second-order valence-electron chi connectivity index (χ2n) is 4.68. The third-order valence-corrected chi connectivity index (χ3v) is 3.25. The number of nitrogens with two attached hydrogens (primary N) is 1. The van der Waals surface area contributed by atoms with Crippen LogP contribution in [0.1, 0.15) is 51.9 Å². The lowest BCUT2D eigenvalue weighted by Gasteiger charge is -2.26. The van der Waals surface area contributed by atoms with Crippen LogP contribution in [0.2, 0.25) is 0 Å². The predicted octanol–water partition coefficient (Wildman–Crippen LogP) is 2.22. The normalized spacial score (nSPS) is 20.4. The van der Waals surface area contributed by atoms with E-state index in [-0.39, 0.29) is 0 Å². The lowest BCUT2D eigenvalue weighted by molar-refractivity contribution is 0.101. The van der Waals surface area contributed by atoms with Crippen molar-refractivity contribution in [2.75, 3.05) is 13.2 Å². The molecule has 1 unspecified atom stereocenters. The van der Waals surface area contributed by atoms with E-state index >= 15 is 0 Å². The molecule has 90 valence electrons. The van der Waals surface area contributed by atoms with Crippen molar-refractivity contribution in [3.05, 3.63) is 0 Å². The van der Waals surface area contributed by atoms with Gasteiger partial charge in [0.2, 0.25) is 0 Å². The maximum Gasteiger partial charge on any atom is 0.0633 e. The molecule has 0 amide bonds. The second-order valence-corrected chi connectivity index (χ2v) is 4.68. The molecule has 0 radical (unpaired) electrons. The highest BCUT2D eigenvalue weighted by atomic mass is 16.5. The monoisotopic (exact) mass is 214 g/mol. The molecule has 0 aromatic carbocycles. The minimum atomic E-state index is 0.347. The van der Waals surface area contributed by atoms with Crippen LogP contribution in [0.3, 0.4) is 0 Å². The summed E-state index contributed by atoms with van der Waals surface area (Å²) < 4.78 is 5.53. The van der Waals surface area contributed by atoms with Crippen LogP contribution in [0.15, 0.2) is 0 Å². The highest BCUT2D eigenvalue weighted by Crippen LogP contribution is 2.27. The van der Waals surface area contributed by atoms with Gasteiger partial charge >= 0.3 is 0 Å². The fourth-order valence-corrected chi connectivity index (χ4v) is 2.38. The Hall–Kier alpha value is -0.120. The first kappa shape index (κ1) is 12.9. The van der Waals surface area contributed by atoms with E-state index < -0.39 is 0 Å². The highest BCUT2D eigenvalue weighted by Gasteiger charge is 2.18. The quantitative estimate of drug-likeness (QED) is 0.388. The first-order valence-corrected chi connectivity index (χ1v) is 6.40. The third-order valence-electron chi connectivity index (χ3n) is 3.25. The average molecular weight is 214 g/mol. The topological polar surface area (TPSA) is 47.3 Å². The van der Waals surface area contributed by atoms with Crippen LogP contribution in [-0.4, -0.2) is 19.3 Å². The van der Waals surface area contributed by atoms with Crippen molar-refractivity contribution in [2.24, 2.45) is 11.8 Å². The van der Waals surface area contributed by atoms with E-state index in [1.807, 2.05) is 0 Å². The first-order valence-electron chi connectivity index (χ1n) is 6.40. The van der Waals surface area contributed by atoms with Gasteiger partial charge in [0.15, 0.2) is 0 Å². The molecule has 1 aliphatic carbocycles. The van der Waals surface area contributed by atoms with E-state index in [1.54, 1.807) is 0 Å². The number of ether oxygens (including phenoxy) is 1. The smallest absolute Gasteiger partial charge is 0.0633 e. The van der Waals surface area contributed by atoms with Crippen molar-refractivity contribution in [3.8, 4) is 0 Å². The zero-order valence-electron chi connectivity index (χ0n) is 10.0. The van der Waals surface area contributed by atoms with Crippen LogP contribution in [0.25, 0.3) is 0 Å². The minimum absolute atomic E-state index is 0.347. The minimum Gasteiger partial charge on any atom is -0.380 e.